The second-order valence-electron chi connectivity index (χ2n) is 2.06. The van der Waals surface area contributed by atoms with Crippen molar-refractivity contribution in [1.82, 2.24) is 4.98 Å². The van der Waals surface area contributed by atoms with E-state index in [9.17, 15) is 4.39 Å². The summed E-state index contributed by atoms with van der Waals surface area (Å²) in [6.07, 6.45) is 1.22. The molecule has 0 fully saturated rings. The van der Waals surface area contributed by atoms with E-state index in [0.29, 0.717) is 9.99 Å². The van der Waals surface area contributed by atoms with E-state index in [-0.39, 0.29) is 5.58 Å². The molecule has 0 aliphatic carbocycles. The molecule has 0 atom stereocenters. The fourth-order valence-corrected chi connectivity index (χ4v) is 1.18. The minimum atomic E-state index is -0.403. The molecule has 0 saturated carbocycles. The average molecular weight is 216 g/mol. The summed E-state index contributed by atoms with van der Waals surface area (Å²) in [7, 11) is 0. The summed E-state index contributed by atoms with van der Waals surface area (Å²) in [5, 5.41) is 0. The Morgan fingerprint density at radius 3 is 3.09 bits per heavy atom. The minimum Gasteiger partial charge on any atom is -0.440 e. The van der Waals surface area contributed by atoms with Gasteiger partial charge in [0.15, 0.2) is 17.8 Å². The third-order valence-corrected chi connectivity index (χ3v) is 2.00. The fourth-order valence-electron chi connectivity index (χ4n) is 0.871. The summed E-state index contributed by atoms with van der Waals surface area (Å²) < 4.78 is 18.3. The van der Waals surface area contributed by atoms with Crippen molar-refractivity contribution in [3.8, 4) is 0 Å². The first-order valence-electron chi connectivity index (χ1n) is 2.96. The van der Waals surface area contributed by atoms with Crippen LogP contribution in [0.15, 0.2) is 27.4 Å². The van der Waals surface area contributed by atoms with Crippen molar-refractivity contribution in [3.05, 3.63) is 28.8 Å². The van der Waals surface area contributed by atoms with E-state index >= 15 is 0 Å². The molecular formula is C7H3BrFNO. The van der Waals surface area contributed by atoms with E-state index in [0.717, 1.165) is 0 Å². The van der Waals surface area contributed by atoms with Crippen molar-refractivity contribution < 1.29 is 8.81 Å². The molecule has 1 heterocycles. The molecule has 0 saturated heterocycles. The summed E-state index contributed by atoms with van der Waals surface area (Å²) in [6.45, 7) is 0. The van der Waals surface area contributed by atoms with Gasteiger partial charge in [-0.05, 0) is 28.1 Å². The van der Waals surface area contributed by atoms with E-state index in [2.05, 4.69) is 20.9 Å². The molecule has 0 amide bonds. The van der Waals surface area contributed by atoms with Crippen LogP contribution in [0, 0.1) is 5.82 Å². The molecule has 0 spiro atoms. The Morgan fingerprint density at radius 1 is 1.45 bits per heavy atom. The van der Waals surface area contributed by atoms with Crippen molar-refractivity contribution in [1.29, 1.82) is 0 Å². The van der Waals surface area contributed by atoms with E-state index < -0.39 is 5.82 Å². The first kappa shape index (κ1) is 6.79. The lowest BCUT2D eigenvalue weighted by Crippen LogP contribution is -1.77. The van der Waals surface area contributed by atoms with Crippen molar-refractivity contribution >= 4 is 27.0 Å². The van der Waals surface area contributed by atoms with Gasteiger partial charge in [-0.3, -0.25) is 0 Å². The molecule has 0 radical (unpaired) electrons. The van der Waals surface area contributed by atoms with Gasteiger partial charge in [0.05, 0.1) is 4.47 Å². The highest BCUT2D eigenvalue weighted by Crippen LogP contribution is 2.23. The second-order valence-corrected chi connectivity index (χ2v) is 2.92. The number of halogens is 2. The number of hydrogen-bond donors (Lipinski definition) is 0. The van der Waals surface area contributed by atoms with Crippen LogP contribution < -0.4 is 0 Å². The van der Waals surface area contributed by atoms with Gasteiger partial charge in [0.25, 0.3) is 0 Å². The quantitative estimate of drug-likeness (QED) is 0.676. The SMILES string of the molecule is Fc1c(Br)ccc2ncoc12. The molecule has 0 unspecified atom stereocenters. The van der Waals surface area contributed by atoms with Crippen LogP contribution in [0.5, 0.6) is 0 Å². The van der Waals surface area contributed by atoms with Crippen LogP contribution >= 0.6 is 15.9 Å². The Labute approximate surface area is 70.2 Å². The second kappa shape index (κ2) is 2.30. The van der Waals surface area contributed by atoms with Crippen molar-refractivity contribution in [3.63, 3.8) is 0 Å². The molecule has 2 rings (SSSR count). The monoisotopic (exact) mass is 215 g/mol. The van der Waals surface area contributed by atoms with Crippen LogP contribution in [0.1, 0.15) is 0 Å². The molecule has 11 heavy (non-hydrogen) atoms. The maximum Gasteiger partial charge on any atom is 0.191 e. The predicted octanol–water partition coefficient (Wildman–Crippen LogP) is 2.73. The van der Waals surface area contributed by atoms with Gasteiger partial charge in [0, 0.05) is 0 Å². The molecule has 1 aromatic carbocycles. The number of aromatic nitrogens is 1. The zero-order chi connectivity index (χ0) is 7.84. The lowest BCUT2D eigenvalue weighted by molar-refractivity contribution is 0.551. The molecule has 2 nitrogen and oxygen atoms in total. The zero-order valence-electron chi connectivity index (χ0n) is 5.34. The molecule has 2 aromatic rings. The summed E-state index contributed by atoms with van der Waals surface area (Å²) in [5.74, 6) is -0.403. The first-order valence-corrected chi connectivity index (χ1v) is 3.75. The fraction of sp³-hybridized carbons (Fsp3) is 0. The smallest absolute Gasteiger partial charge is 0.191 e. The highest BCUT2D eigenvalue weighted by molar-refractivity contribution is 9.10. The Hall–Kier alpha value is -0.900. The molecule has 1 aromatic heterocycles. The number of benzene rings is 1. The van der Waals surface area contributed by atoms with Crippen LogP contribution in [-0.4, -0.2) is 4.98 Å². The molecule has 0 aliphatic heterocycles. The van der Waals surface area contributed by atoms with Gasteiger partial charge in [0.2, 0.25) is 0 Å². The molecular weight excluding hydrogens is 213 g/mol. The molecule has 56 valence electrons. The molecule has 4 heteroatoms. The topological polar surface area (TPSA) is 26.0 Å². The Kier molecular flexibility index (Phi) is 1.42. The first-order chi connectivity index (χ1) is 5.29. The normalized spacial score (nSPS) is 10.7. The average Bonchev–Trinajstić information content (AvgIpc) is 2.45. The highest BCUT2D eigenvalue weighted by Gasteiger charge is 2.07. The number of rotatable bonds is 0. The molecule has 0 aliphatic rings. The number of nitrogens with zero attached hydrogens (tertiary/aromatic N) is 1. The number of fused-ring (bicyclic) bond motifs is 1. The van der Waals surface area contributed by atoms with Crippen molar-refractivity contribution in [2.75, 3.05) is 0 Å². The van der Waals surface area contributed by atoms with Crippen LogP contribution in [0.4, 0.5) is 4.39 Å². The van der Waals surface area contributed by atoms with Gasteiger partial charge in [-0.25, -0.2) is 9.37 Å². The van der Waals surface area contributed by atoms with Crippen molar-refractivity contribution in [2.24, 2.45) is 0 Å². The largest absolute Gasteiger partial charge is 0.440 e. The van der Waals surface area contributed by atoms with Crippen LogP contribution in [-0.2, 0) is 0 Å². The number of hydrogen-bond acceptors (Lipinski definition) is 2. The molecule has 0 bridgehead atoms. The van der Waals surface area contributed by atoms with Gasteiger partial charge < -0.3 is 4.42 Å². The van der Waals surface area contributed by atoms with Gasteiger partial charge in [-0.15, -0.1) is 0 Å². The summed E-state index contributed by atoms with van der Waals surface area (Å²) in [5.41, 5.74) is 0.727. The van der Waals surface area contributed by atoms with E-state index in [4.69, 9.17) is 4.42 Å². The van der Waals surface area contributed by atoms with E-state index in [1.807, 2.05) is 0 Å². The van der Waals surface area contributed by atoms with Gasteiger partial charge in [0.1, 0.15) is 5.52 Å². The van der Waals surface area contributed by atoms with Gasteiger partial charge in [-0.2, -0.15) is 0 Å². The lowest BCUT2D eigenvalue weighted by Gasteiger charge is -1.91. The third kappa shape index (κ3) is 0.939. The summed E-state index contributed by atoms with van der Waals surface area (Å²) in [4.78, 5) is 3.79. The van der Waals surface area contributed by atoms with Gasteiger partial charge >= 0.3 is 0 Å². The zero-order valence-corrected chi connectivity index (χ0v) is 6.93. The Balaban J connectivity index is 2.93. The standard InChI is InChI=1S/C7H3BrFNO/c8-4-1-2-5-7(6(4)9)11-3-10-5/h1-3H. The minimum absolute atomic E-state index is 0.194. The van der Waals surface area contributed by atoms with Crippen LogP contribution in [0.2, 0.25) is 0 Å². The number of oxazole rings is 1. The summed E-state index contributed by atoms with van der Waals surface area (Å²) in [6, 6.07) is 3.28. The Morgan fingerprint density at radius 2 is 2.27 bits per heavy atom. The van der Waals surface area contributed by atoms with Crippen LogP contribution in [0.25, 0.3) is 11.1 Å². The predicted molar refractivity (Wildman–Crippen MR) is 41.7 cm³/mol. The van der Waals surface area contributed by atoms with E-state index in [1.165, 1.54) is 6.39 Å². The summed E-state index contributed by atoms with van der Waals surface area (Å²) >= 11 is 3.04. The third-order valence-electron chi connectivity index (χ3n) is 1.39. The van der Waals surface area contributed by atoms with Gasteiger partial charge in [-0.1, -0.05) is 0 Å². The van der Waals surface area contributed by atoms with E-state index in [1.54, 1.807) is 12.1 Å². The Bertz CT molecular complexity index is 398. The maximum atomic E-state index is 13.1. The molecule has 0 N–H and O–H groups in total. The lowest BCUT2D eigenvalue weighted by atomic mass is 10.3. The maximum absolute atomic E-state index is 13.1. The van der Waals surface area contributed by atoms with Crippen LogP contribution in [0.3, 0.4) is 0 Å². The highest BCUT2D eigenvalue weighted by atomic mass is 79.9. The van der Waals surface area contributed by atoms with Crippen molar-refractivity contribution in [2.45, 2.75) is 0 Å².